The Bertz CT molecular complexity index is 1000. The van der Waals surface area contributed by atoms with Gasteiger partial charge in [0.1, 0.15) is 11.3 Å². The van der Waals surface area contributed by atoms with Crippen LogP contribution in [0.3, 0.4) is 0 Å². The molecular weight excluding hydrogens is 399 g/mol. The van der Waals surface area contributed by atoms with Crippen LogP contribution in [0, 0.1) is 5.82 Å². The van der Waals surface area contributed by atoms with Crippen molar-refractivity contribution in [2.75, 3.05) is 49.6 Å². The lowest BCUT2D eigenvalue weighted by Gasteiger charge is -2.36. The van der Waals surface area contributed by atoms with Gasteiger partial charge in [0.15, 0.2) is 5.13 Å². The van der Waals surface area contributed by atoms with E-state index in [4.69, 9.17) is 11.6 Å². The van der Waals surface area contributed by atoms with Gasteiger partial charge in [-0.1, -0.05) is 35.1 Å². The molecule has 28 heavy (non-hydrogen) atoms. The van der Waals surface area contributed by atoms with Crippen molar-refractivity contribution < 1.29 is 9.18 Å². The number of anilines is 2. The van der Waals surface area contributed by atoms with Crippen molar-refractivity contribution in [2.24, 2.45) is 0 Å². The Hall–Kier alpha value is -2.38. The molecule has 2 aromatic carbocycles. The molecule has 1 saturated heterocycles. The number of thiazole rings is 1. The second-order valence-electron chi connectivity index (χ2n) is 6.79. The lowest BCUT2D eigenvalue weighted by Crippen LogP contribution is -2.51. The number of aromatic nitrogens is 1. The number of likely N-dealkylation sites (N-methyl/N-ethyl adjacent to an activating group) is 1. The molecule has 0 unspecified atom stereocenters. The fraction of sp³-hybridized carbons (Fsp3) is 0.300. The number of hydrogen-bond donors (Lipinski definition) is 0. The number of hydrogen-bond acceptors (Lipinski definition) is 5. The Morgan fingerprint density at radius 3 is 2.68 bits per heavy atom. The number of nitrogens with zero attached hydrogens (tertiary/aromatic N) is 4. The van der Waals surface area contributed by atoms with Crippen LogP contribution in [0.25, 0.3) is 10.2 Å². The molecule has 0 bridgehead atoms. The minimum Gasteiger partial charge on any atom is -0.368 e. The van der Waals surface area contributed by atoms with Gasteiger partial charge in [0.2, 0.25) is 5.91 Å². The molecule has 3 aromatic rings. The van der Waals surface area contributed by atoms with Gasteiger partial charge in [-0.25, -0.2) is 9.37 Å². The minimum atomic E-state index is -0.336. The predicted octanol–water partition coefficient (Wildman–Crippen LogP) is 3.87. The highest BCUT2D eigenvalue weighted by atomic mass is 35.5. The Balaban J connectivity index is 1.36. The van der Waals surface area contributed by atoms with E-state index in [9.17, 15) is 9.18 Å². The average molecular weight is 419 g/mol. The SMILES string of the molecule is CN(CC(=O)N1CCN(c2cccc(Cl)c2)CC1)c1nc2c(F)cccc2s1. The number of benzene rings is 2. The molecule has 1 fully saturated rings. The van der Waals surface area contributed by atoms with Gasteiger partial charge in [0.05, 0.1) is 11.2 Å². The number of carbonyl (C=O) groups excluding carboxylic acids is 1. The number of carbonyl (C=O) groups is 1. The van der Waals surface area contributed by atoms with E-state index in [-0.39, 0.29) is 18.3 Å². The van der Waals surface area contributed by atoms with Crippen molar-refractivity contribution in [3.8, 4) is 0 Å². The third kappa shape index (κ3) is 3.91. The number of halogens is 2. The Morgan fingerprint density at radius 1 is 1.21 bits per heavy atom. The van der Waals surface area contributed by atoms with Crippen molar-refractivity contribution in [1.29, 1.82) is 0 Å². The highest BCUT2D eigenvalue weighted by Crippen LogP contribution is 2.29. The summed E-state index contributed by atoms with van der Waals surface area (Å²) in [5.74, 6) is -0.287. The average Bonchev–Trinajstić information content (AvgIpc) is 3.14. The summed E-state index contributed by atoms with van der Waals surface area (Å²) in [6.07, 6.45) is 0. The quantitative estimate of drug-likeness (QED) is 0.644. The van der Waals surface area contributed by atoms with E-state index in [0.717, 1.165) is 23.5 Å². The Kier molecular flexibility index (Phi) is 5.37. The van der Waals surface area contributed by atoms with Gasteiger partial charge in [-0.15, -0.1) is 0 Å². The van der Waals surface area contributed by atoms with Crippen LogP contribution in [0.2, 0.25) is 5.02 Å². The maximum atomic E-state index is 13.9. The highest BCUT2D eigenvalue weighted by molar-refractivity contribution is 7.22. The third-order valence-corrected chi connectivity index (χ3v) is 6.23. The molecule has 1 amide bonds. The first-order chi connectivity index (χ1) is 13.5. The molecule has 8 heteroatoms. The molecule has 0 spiro atoms. The van der Waals surface area contributed by atoms with Crippen LogP contribution in [-0.2, 0) is 4.79 Å². The second kappa shape index (κ2) is 7.93. The Morgan fingerprint density at radius 2 is 1.96 bits per heavy atom. The van der Waals surface area contributed by atoms with Crippen LogP contribution in [0.5, 0.6) is 0 Å². The van der Waals surface area contributed by atoms with E-state index < -0.39 is 0 Å². The topological polar surface area (TPSA) is 39.7 Å². The molecule has 0 atom stereocenters. The van der Waals surface area contributed by atoms with Gasteiger partial charge < -0.3 is 14.7 Å². The van der Waals surface area contributed by atoms with E-state index in [2.05, 4.69) is 9.88 Å². The van der Waals surface area contributed by atoms with Crippen LogP contribution in [-0.4, -0.2) is 55.6 Å². The summed E-state index contributed by atoms with van der Waals surface area (Å²) in [6, 6.07) is 12.7. The molecule has 0 radical (unpaired) electrons. The second-order valence-corrected chi connectivity index (χ2v) is 8.23. The molecule has 1 aliphatic rings. The first-order valence-corrected chi connectivity index (χ1v) is 10.3. The van der Waals surface area contributed by atoms with Crippen LogP contribution < -0.4 is 9.80 Å². The first-order valence-electron chi connectivity index (χ1n) is 9.06. The summed E-state index contributed by atoms with van der Waals surface area (Å²) < 4.78 is 14.6. The zero-order valence-electron chi connectivity index (χ0n) is 15.4. The van der Waals surface area contributed by atoms with Crippen LogP contribution in [0.4, 0.5) is 15.2 Å². The molecular formula is C20H20ClFN4OS. The van der Waals surface area contributed by atoms with Gasteiger partial charge in [0, 0.05) is 43.9 Å². The van der Waals surface area contributed by atoms with Gasteiger partial charge in [-0.2, -0.15) is 0 Å². The molecule has 0 aliphatic carbocycles. The maximum absolute atomic E-state index is 13.9. The number of piperazine rings is 1. The minimum absolute atomic E-state index is 0.0490. The third-order valence-electron chi connectivity index (χ3n) is 4.86. The fourth-order valence-corrected chi connectivity index (χ4v) is 4.45. The molecule has 5 nitrogen and oxygen atoms in total. The van der Waals surface area contributed by atoms with Gasteiger partial charge in [-0.3, -0.25) is 4.79 Å². The molecule has 0 N–H and O–H groups in total. The van der Waals surface area contributed by atoms with E-state index in [1.807, 2.05) is 42.3 Å². The van der Waals surface area contributed by atoms with Crippen molar-refractivity contribution in [3.05, 3.63) is 53.3 Å². The number of fused-ring (bicyclic) bond motifs is 1. The summed E-state index contributed by atoms with van der Waals surface area (Å²) in [5, 5.41) is 1.36. The van der Waals surface area contributed by atoms with E-state index in [0.29, 0.717) is 28.8 Å². The number of rotatable bonds is 4. The molecule has 1 aliphatic heterocycles. The summed E-state index contributed by atoms with van der Waals surface area (Å²) >= 11 is 7.46. The van der Waals surface area contributed by atoms with E-state index >= 15 is 0 Å². The monoisotopic (exact) mass is 418 g/mol. The van der Waals surface area contributed by atoms with Gasteiger partial charge in [-0.05, 0) is 30.3 Å². The lowest BCUT2D eigenvalue weighted by molar-refractivity contribution is -0.129. The highest BCUT2D eigenvalue weighted by Gasteiger charge is 2.23. The Labute approximate surface area is 171 Å². The molecule has 1 aromatic heterocycles. The summed E-state index contributed by atoms with van der Waals surface area (Å²) in [5.41, 5.74) is 1.44. The van der Waals surface area contributed by atoms with Crippen molar-refractivity contribution in [3.63, 3.8) is 0 Å². The molecule has 2 heterocycles. The number of para-hydroxylation sites is 1. The van der Waals surface area contributed by atoms with E-state index in [1.54, 1.807) is 11.0 Å². The number of amides is 1. The van der Waals surface area contributed by atoms with Crippen molar-refractivity contribution in [1.82, 2.24) is 9.88 Å². The van der Waals surface area contributed by atoms with Crippen molar-refractivity contribution in [2.45, 2.75) is 0 Å². The maximum Gasteiger partial charge on any atom is 0.242 e. The van der Waals surface area contributed by atoms with Gasteiger partial charge in [0.25, 0.3) is 0 Å². The van der Waals surface area contributed by atoms with Crippen LogP contribution in [0.1, 0.15) is 0 Å². The van der Waals surface area contributed by atoms with Gasteiger partial charge >= 0.3 is 0 Å². The van der Waals surface area contributed by atoms with Crippen LogP contribution in [0.15, 0.2) is 42.5 Å². The van der Waals surface area contributed by atoms with Crippen molar-refractivity contribution >= 4 is 49.9 Å². The standard InChI is InChI=1S/C20H20ClFN4OS/c1-24(20-23-19-16(22)6-3-7-17(19)28-20)13-18(27)26-10-8-25(9-11-26)15-5-2-4-14(21)12-15/h2-7,12H,8-11,13H2,1H3. The molecule has 0 saturated carbocycles. The predicted molar refractivity (Wildman–Crippen MR) is 113 cm³/mol. The first kappa shape index (κ1) is 19.0. The summed E-state index contributed by atoms with van der Waals surface area (Å²) in [6.45, 7) is 3.07. The summed E-state index contributed by atoms with van der Waals surface area (Å²) in [4.78, 5) is 22.9. The smallest absolute Gasteiger partial charge is 0.242 e. The molecule has 146 valence electrons. The molecule has 4 rings (SSSR count). The fourth-order valence-electron chi connectivity index (χ4n) is 3.32. The van der Waals surface area contributed by atoms with E-state index in [1.165, 1.54) is 17.4 Å². The van der Waals surface area contributed by atoms with Crippen LogP contribution >= 0.6 is 22.9 Å². The zero-order chi connectivity index (χ0) is 19.7. The zero-order valence-corrected chi connectivity index (χ0v) is 17.0. The normalized spacial score (nSPS) is 14.5. The summed E-state index contributed by atoms with van der Waals surface area (Å²) in [7, 11) is 1.82. The lowest BCUT2D eigenvalue weighted by atomic mass is 10.2. The largest absolute Gasteiger partial charge is 0.368 e.